The zero-order valence-electron chi connectivity index (χ0n) is 17.7. The van der Waals surface area contributed by atoms with Gasteiger partial charge in [-0.05, 0) is 43.4 Å². The Balaban J connectivity index is 1.19. The van der Waals surface area contributed by atoms with Gasteiger partial charge in [0.15, 0.2) is 10.6 Å². The molecule has 2 N–H and O–H groups in total. The molecular weight excluding hydrogens is 444 g/mol. The first kappa shape index (κ1) is 22.1. The predicted molar refractivity (Wildman–Crippen MR) is 126 cm³/mol. The highest BCUT2D eigenvalue weighted by Gasteiger charge is 2.12. The molecule has 0 atom stereocenters. The molecule has 166 valence electrons. The molecule has 0 saturated carbocycles. The van der Waals surface area contributed by atoms with Gasteiger partial charge in [0.25, 0.3) is 0 Å². The number of carbonyl (C=O) groups excluding carboxylic acids is 1. The normalized spacial score (nSPS) is 11.0. The minimum absolute atomic E-state index is 0.0895. The lowest BCUT2D eigenvalue weighted by Gasteiger charge is -2.08. The number of hydrogen-bond donors (Lipinski definition) is 2. The second-order valence-corrected chi connectivity index (χ2v) is 8.79. The van der Waals surface area contributed by atoms with Gasteiger partial charge in [-0.1, -0.05) is 47.5 Å². The number of rotatable bonds is 10. The molecule has 0 spiro atoms. The Kier molecular flexibility index (Phi) is 7.23. The highest BCUT2D eigenvalue weighted by atomic mass is 32.1. The third-order valence-corrected chi connectivity index (χ3v) is 6.15. The monoisotopic (exact) mass is 468 g/mol. The number of carbonyl (C=O) groups is 1. The Bertz CT molecular complexity index is 1210. The molecular formula is C22H24N6O2S2. The molecule has 10 heteroatoms. The lowest BCUT2D eigenvalue weighted by atomic mass is 10.1. The average molecular weight is 469 g/mol. The summed E-state index contributed by atoms with van der Waals surface area (Å²) in [5.74, 6) is 1.86. The van der Waals surface area contributed by atoms with Crippen LogP contribution in [-0.4, -0.2) is 37.4 Å². The molecule has 1 amide bonds. The van der Waals surface area contributed by atoms with E-state index in [0.29, 0.717) is 28.9 Å². The highest BCUT2D eigenvalue weighted by Crippen LogP contribution is 2.21. The van der Waals surface area contributed by atoms with Crippen LogP contribution in [0.4, 0.5) is 0 Å². The number of hydrogen-bond acceptors (Lipinski definition) is 7. The smallest absolute Gasteiger partial charge is 0.240 e. The molecule has 32 heavy (non-hydrogen) atoms. The molecule has 0 bridgehead atoms. The summed E-state index contributed by atoms with van der Waals surface area (Å²) >= 11 is 6.90. The third kappa shape index (κ3) is 5.57. The molecule has 4 rings (SSSR count). The fourth-order valence-corrected chi connectivity index (χ4v) is 4.10. The van der Waals surface area contributed by atoms with Crippen LogP contribution in [0.25, 0.3) is 22.1 Å². The minimum atomic E-state index is -0.0895. The largest absolute Gasteiger partial charge is 0.355 e. The molecule has 0 saturated heterocycles. The van der Waals surface area contributed by atoms with Crippen molar-refractivity contribution in [3.63, 3.8) is 0 Å². The number of amides is 1. The fraction of sp³-hybridized carbons (Fsp3) is 0.318. The molecule has 0 aliphatic carbocycles. The summed E-state index contributed by atoms with van der Waals surface area (Å²) in [5, 5.41) is 16.0. The zero-order valence-corrected chi connectivity index (χ0v) is 19.3. The number of H-pyrrole nitrogens is 1. The molecule has 3 aromatic heterocycles. The van der Waals surface area contributed by atoms with Gasteiger partial charge in [-0.15, -0.1) is 11.3 Å². The van der Waals surface area contributed by atoms with Crippen LogP contribution < -0.4 is 5.32 Å². The van der Waals surface area contributed by atoms with Gasteiger partial charge in [-0.2, -0.15) is 10.1 Å². The van der Waals surface area contributed by atoms with Crippen molar-refractivity contribution in [2.24, 2.45) is 0 Å². The summed E-state index contributed by atoms with van der Waals surface area (Å²) in [7, 11) is 0. The van der Waals surface area contributed by atoms with Crippen molar-refractivity contribution in [2.45, 2.75) is 39.2 Å². The SMILES string of the molecule is Cc1ccc(-c2n[nH]c(=S)n2CC(=O)NCCCCCc2nc(-c3cccs3)no2)cc1. The number of unbranched alkanes of at least 4 members (excludes halogenated alkanes) is 2. The number of nitrogens with one attached hydrogen (secondary N) is 2. The van der Waals surface area contributed by atoms with E-state index in [9.17, 15) is 4.79 Å². The Morgan fingerprint density at radius 1 is 1.22 bits per heavy atom. The lowest BCUT2D eigenvalue weighted by molar-refractivity contribution is -0.121. The van der Waals surface area contributed by atoms with Crippen LogP contribution >= 0.6 is 23.6 Å². The van der Waals surface area contributed by atoms with E-state index < -0.39 is 0 Å². The summed E-state index contributed by atoms with van der Waals surface area (Å²) < 4.78 is 7.46. The van der Waals surface area contributed by atoms with Crippen LogP contribution in [0.1, 0.15) is 30.7 Å². The van der Waals surface area contributed by atoms with E-state index in [0.717, 1.165) is 41.7 Å². The summed E-state index contributed by atoms with van der Waals surface area (Å²) in [6.07, 6.45) is 3.48. The molecule has 0 aliphatic heterocycles. The summed E-state index contributed by atoms with van der Waals surface area (Å²) in [4.78, 5) is 17.9. The van der Waals surface area contributed by atoms with E-state index in [1.54, 1.807) is 15.9 Å². The van der Waals surface area contributed by atoms with Crippen molar-refractivity contribution in [3.05, 3.63) is 58.0 Å². The van der Waals surface area contributed by atoms with E-state index in [1.165, 1.54) is 0 Å². The van der Waals surface area contributed by atoms with Crippen molar-refractivity contribution >= 4 is 29.5 Å². The average Bonchev–Trinajstić information content (AvgIpc) is 3.54. The van der Waals surface area contributed by atoms with Crippen molar-refractivity contribution in [1.29, 1.82) is 0 Å². The van der Waals surface area contributed by atoms with Gasteiger partial charge in [0.1, 0.15) is 6.54 Å². The van der Waals surface area contributed by atoms with E-state index in [2.05, 4.69) is 25.7 Å². The van der Waals surface area contributed by atoms with Crippen LogP contribution in [0.2, 0.25) is 0 Å². The van der Waals surface area contributed by atoms with Crippen molar-refractivity contribution in [1.82, 2.24) is 30.2 Å². The number of aromatic amines is 1. The number of thiophene rings is 1. The van der Waals surface area contributed by atoms with E-state index in [4.69, 9.17) is 16.7 Å². The third-order valence-electron chi connectivity index (χ3n) is 4.97. The van der Waals surface area contributed by atoms with Gasteiger partial charge in [-0.3, -0.25) is 14.5 Å². The first-order chi connectivity index (χ1) is 15.6. The molecule has 1 aromatic carbocycles. The Labute approximate surface area is 194 Å². The van der Waals surface area contributed by atoms with Gasteiger partial charge < -0.3 is 9.84 Å². The predicted octanol–water partition coefficient (Wildman–Crippen LogP) is 4.56. The summed E-state index contributed by atoms with van der Waals surface area (Å²) in [6.45, 7) is 2.76. The number of nitrogens with zero attached hydrogens (tertiary/aromatic N) is 4. The molecule has 0 radical (unpaired) electrons. The van der Waals surface area contributed by atoms with E-state index in [1.807, 2.05) is 48.7 Å². The summed E-state index contributed by atoms with van der Waals surface area (Å²) in [6, 6.07) is 11.9. The second kappa shape index (κ2) is 10.5. The molecule has 8 nitrogen and oxygen atoms in total. The van der Waals surface area contributed by atoms with Crippen LogP contribution in [0.15, 0.2) is 46.3 Å². The van der Waals surface area contributed by atoms with Crippen molar-refractivity contribution in [2.75, 3.05) is 6.54 Å². The maximum absolute atomic E-state index is 12.4. The molecule has 4 aromatic rings. The van der Waals surface area contributed by atoms with Gasteiger partial charge in [0.2, 0.25) is 17.6 Å². The lowest BCUT2D eigenvalue weighted by Crippen LogP contribution is -2.28. The van der Waals surface area contributed by atoms with Gasteiger partial charge in [0.05, 0.1) is 4.88 Å². The van der Waals surface area contributed by atoms with Crippen LogP contribution in [0.3, 0.4) is 0 Å². The maximum atomic E-state index is 12.4. The Hall–Kier alpha value is -3.11. The first-order valence-electron chi connectivity index (χ1n) is 10.5. The maximum Gasteiger partial charge on any atom is 0.240 e. The van der Waals surface area contributed by atoms with E-state index in [-0.39, 0.29) is 12.5 Å². The van der Waals surface area contributed by atoms with Crippen LogP contribution in [-0.2, 0) is 17.8 Å². The van der Waals surface area contributed by atoms with Gasteiger partial charge >= 0.3 is 0 Å². The van der Waals surface area contributed by atoms with Crippen molar-refractivity contribution in [3.8, 4) is 22.1 Å². The molecule has 0 aliphatic rings. The standard InChI is InChI=1S/C22H24N6O2S2/c1-15-8-10-16(11-9-15)21-25-26-22(31)28(21)14-18(29)23-12-4-2-3-7-19-24-20(27-30-19)17-6-5-13-32-17/h5-6,8-11,13H,2-4,7,12,14H2,1H3,(H,23,29)(H,26,31). The Morgan fingerprint density at radius 3 is 2.84 bits per heavy atom. The van der Waals surface area contributed by atoms with Crippen molar-refractivity contribution < 1.29 is 9.32 Å². The summed E-state index contributed by atoms with van der Waals surface area (Å²) in [5.41, 5.74) is 2.08. The molecule has 0 unspecified atom stereocenters. The van der Waals surface area contributed by atoms with Crippen LogP contribution in [0, 0.1) is 11.7 Å². The van der Waals surface area contributed by atoms with E-state index >= 15 is 0 Å². The number of aryl methyl sites for hydroxylation is 2. The van der Waals surface area contributed by atoms with Crippen LogP contribution in [0.5, 0.6) is 0 Å². The zero-order chi connectivity index (χ0) is 22.3. The number of aromatic nitrogens is 5. The topological polar surface area (TPSA) is 102 Å². The molecule has 0 fully saturated rings. The molecule has 3 heterocycles. The van der Waals surface area contributed by atoms with Gasteiger partial charge in [-0.25, -0.2) is 0 Å². The first-order valence-corrected chi connectivity index (χ1v) is 11.7. The fourth-order valence-electron chi connectivity index (χ4n) is 3.25. The minimum Gasteiger partial charge on any atom is -0.355 e. The van der Waals surface area contributed by atoms with Gasteiger partial charge in [0, 0.05) is 18.5 Å². The Morgan fingerprint density at radius 2 is 2.06 bits per heavy atom. The quantitative estimate of drug-likeness (QED) is 0.261. The highest BCUT2D eigenvalue weighted by molar-refractivity contribution is 7.71. The number of benzene rings is 1. The second-order valence-electron chi connectivity index (χ2n) is 7.45.